The third kappa shape index (κ3) is 4.56. The molecule has 0 aromatic carbocycles. The number of likely N-dealkylation sites (tertiary alicyclic amines) is 1. The highest BCUT2D eigenvalue weighted by Crippen LogP contribution is 2.36. The van der Waals surface area contributed by atoms with Gasteiger partial charge in [-0.3, -0.25) is 9.59 Å². The number of piperidine rings is 1. The number of fused-ring (bicyclic) bond motifs is 4. The van der Waals surface area contributed by atoms with Crippen molar-refractivity contribution in [3.8, 4) is 0 Å². The molecule has 3 heterocycles. The van der Waals surface area contributed by atoms with E-state index in [0.29, 0.717) is 31.7 Å². The molecule has 1 aromatic heterocycles. The summed E-state index contributed by atoms with van der Waals surface area (Å²) < 4.78 is 1.79. The van der Waals surface area contributed by atoms with Crippen molar-refractivity contribution < 1.29 is 9.59 Å². The first-order valence-electron chi connectivity index (χ1n) is 10.1. The summed E-state index contributed by atoms with van der Waals surface area (Å²) in [4.78, 5) is 39.5. The van der Waals surface area contributed by atoms with Crippen LogP contribution in [0, 0.1) is 11.3 Å². The zero-order valence-corrected chi connectivity index (χ0v) is 17.5. The van der Waals surface area contributed by atoms with Gasteiger partial charge in [0, 0.05) is 43.7 Å². The fourth-order valence-electron chi connectivity index (χ4n) is 4.23. The van der Waals surface area contributed by atoms with Gasteiger partial charge in [-0.15, -0.1) is 0 Å². The Morgan fingerprint density at radius 1 is 1.18 bits per heavy atom. The molecule has 2 bridgehead atoms. The molecule has 3 amide bonds. The maximum atomic E-state index is 12.9. The minimum Gasteiger partial charge on any atom is -0.342 e. The number of hydrogen-bond donors (Lipinski definition) is 2. The first-order valence-corrected chi connectivity index (χ1v) is 10.1. The lowest BCUT2D eigenvalue weighted by atomic mass is 9.82. The Kier molecular flexibility index (Phi) is 5.55. The number of nitrogens with zero attached hydrogens (tertiary/aromatic N) is 2. The smallest absolute Gasteiger partial charge is 0.319 e. The van der Waals surface area contributed by atoms with E-state index >= 15 is 0 Å². The van der Waals surface area contributed by atoms with E-state index in [1.165, 1.54) is 0 Å². The summed E-state index contributed by atoms with van der Waals surface area (Å²) in [6, 6.07) is 3.23. The molecule has 2 aliphatic rings. The maximum absolute atomic E-state index is 12.9. The van der Waals surface area contributed by atoms with Crippen LogP contribution in [0.2, 0.25) is 0 Å². The summed E-state index contributed by atoms with van der Waals surface area (Å²) in [5.41, 5.74) is 1.06. The van der Waals surface area contributed by atoms with Crippen LogP contribution >= 0.6 is 0 Å². The van der Waals surface area contributed by atoms with Gasteiger partial charge >= 0.3 is 6.03 Å². The molecule has 0 spiro atoms. The zero-order valence-electron chi connectivity index (χ0n) is 17.5. The van der Waals surface area contributed by atoms with Crippen molar-refractivity contribution in [1.82, 2.24) is 14.8 Å². The van der Waals surface area contributed by atoms with Gasteiger partial charge in [-0.05, 0) is 43.7 Å². The van der Waals surface area contributed by atoms with Crippen molar-refractivity contribution in [2.75, 3.05) is 18.4 Å². The quantitative estimate of drug-likeness (QED) is 0.835. The van der Waals surface area contributed by atoms with Gasteiger partial charge in [0.25, 0.3) is 5.56 Å². The topological polar surface area (TPSA) is 83.4 Å². The summed E-state index contributed by atoms with van der Waals surface area (Å²) >= 11 is 0. The van der Waals surface area contributed by atoms with E-state index in [1.807, 2.05) is 24.8 Å². The molecular formula is C21H32N4O3. The van der Waals surface area contributed by atoms with Crippen LogP contribution in [0.3, 0.4) is 0 Å². The third-order valence-electron chi connectivity index (χ3n) is 5.31. The lowest BCUT2D eigenvalue weighted by Gasteiger charge is -2.43. The molecule has 1 fully saturated rings. The van der Waals surface area contributed by atoms with Crippen molar-refractivity contribution in [1.29, 1.82) is 0 Å². The minimum atomic E-state index is -0.373. The Balaban J connectivity index is 1.78. The summed E-state index contributed by atoms with van der Waals surface area (Å²) in [6.45, 7) is 11.9. The summed E-state index contributed by atoms with van der Waals surface area (Å²) in [7, 11) is 0. The number of carbonyl (C=O) groups excluding carboxylic acids is 2. The standard InChI is InChI=1S/C21H32N4O3/c1-13(2)22-20(28)23-16-6-7-17-15-8-14(11-25(17)19(16)27)10-24(12-15)18(26)9-21(3,4)5/h6-7,13-15H,8-12H2,1-5H3,(H2,22,23,28)/t14-,15-/m1/s1. The first kappa shape index (κ1) is 20.4. The Morgan fingerprint density at radius 3 is 2.54 bits per heavy atom. The Hall–Kier alpha value is -2.31. The van der Waals surface area contributed by atoms with Crippen LogP contribution in [0.1, 0.15) is 59.1 Å². The van der Waals surface area contributed by atoms with Crippen LogP contribution in [0.15, 0.2) is 16.9 Å². The predicted octanol–water partition coefficient (Wildman–Crippen LogP) is 2.76. The van der Waals surface area contributed by atoms with E-state index in [9.17, 15) is 14.4 Å². The molecule has 2 aliphatic heterocycles. The molecule has 0 unspecified atom stereocenters. The molecule has 28 heavy (non-hydrogen) atoms. The van der Waals surface area contributed by atoms with E-state index in [1.54, 1.807) is 10.6 Å². The highest BCUT2D eigenvalue weighted by Gasteiger charge is 2.37. The second-order valence-corrected chi connectivity index (χ2v) is 9.68. The van der Waals surface area contributed by atoms with Gasteiger partial charge < -0.3 is 20.1 Å². The number of amides is 3. The number of anilines is 1. The fraction of sp³-hybridized carbons (Fsp3) is 0.667. The van der Waals surface area contributed by atoms with Crippen LogP contribution in [-0.2, 0) is 11.3 Å². The van der Waals surface area contributed by atoms with E-state index < -0.39 is 0 Å². The monoisotopic (exact) mass is 388 g/mol. The highest BCUT2D eigenvalue weighted by atomic mass is 16.2. The molecular weight excluding hydrogens is 356 g/mol. The second-order valence-electron chi connectivity index (χ2n) is 9.68. The van der Waals surface area contributed by atoms with Gasteiger partial charge in [0.1, 0.15) is 5.69 Å². The average molecular weight is 389 g/mol. The van der Waals surface area contributed by atoms with Crippen LogP contribution in [0.5, 0.6) is 0 Å². The Labute approximate surface area is 166 Å². The number of carbonyl (C=O) groups is 2. The number of hydrogen-bond acceptors (Lipinski definition) is 3. The van der Waals surface area contributed by atoms with Crippen molar-refractivity contribution in [3.63, 3.8) is 0 Å². The molecule has 2 N–H and O–H groups in total. The maximum Gasteiger partial charge on any atom is 0.319 e. The molecule has 1 aromatic rings. The van der Waals surface area contributed by atoms with Gasteiger partial charge in [-0.1, -0.05) is 20.8 Å². The lowest BCUT2D eigenvalue weighted by molar-refractivity contribution is -0.135. The molecule has 7 nitrogen and oxygen atoms in total. The minimum absolute atomic E-state index is 0.00337. The third-order valence-corrected chi connectivity index (χ3v) is 5.31. The Bertz CT molecular complexity index is 822. The molecule has 2 atom stereocenters. The van der Waals surface area contributed by atoms with E-state index in [4.69, 9.17) is 0 Å². The van der Waals surface area contributed by atoms with Crippen molar-refractivity contribution in [2.24, 2.45) is 11.3 Å². The summed E-state index contributed by atoms with van der Waals surface area (Å²) in [5, 5.41) is 5.40. The van der Waals surface area contributed by atoms with Gasteiger partial charge in [-0.2, -0.15) is 0 Å². The molecule has 3 rings (SSSR count). The molecule has 0 aliphatic carbocycles. The van der Waals surface area contributed by atoms with Gasteiger partial charge in [-0.25, -0.2) is 4.79 Å². The van der Waals surface area contributed by atoms with Crippen molar-refractivity contribution >= 4 is 17.6 Å². The van der Waals surface area contributed by atoms with Crippen LogP contribution in [0.4, 0.5) is 10.5 Å². The van der Waals surface area contributed by atoms with Gasteiger partial charge in [0.2, 0.25) is 5.91 Å². The number of pyridine rings is 1. The SMILES string of the molecule is CC(C)NC(=O)Nc1ccc2n(c1=O)C[C@@H]1C[C@@H]2CN(C(=O)CC(C)(C)C)C1. The number of rotatable bonds is 3. The summed E-state index contributed by atoms with van der Waals surface area (Å²) in [6.07, 6.45) is 1.53. The highest BCUT2D eigenvalue weighted by molar-refractivity contribution is 5.89. The van der Waals surface area contributed by atoms with Gasteiger partial charge in [0.05, 0.1) is 0 Å². The average Bonchev–Trinajstić information content (AvgIpc) is 2.55. The van der Waals surface area contributed by atoms with Crippen LogP contribution in [0.25, 0.3) is 0 Å². The number of aromatic nitrogens is 1. The molecule has 0 saturated carbocycles. The first-order chi connectivity index (χ1) is 13.0. The fourth-order valence-corrected chi connectivity index (χ4v) is 4.23. The molecule has 1 saturated heterocycles. The van der Waals surface area contributed by atoms with E-state index in [2.05, 4.69) is 31.4 Å². The molecule has 154 valence electrons. The predicted molar refractivity (Wildman–Crippen MR) is 109 cm³/mol. The van der Waals surface area contributed by atoms with Crippen LogP contribution < -0.4 is 16.2 Å². The Morgan fingerprint density at radius 2 is 1.89 bits per heavy atom. The number of nitrogens with one attached hydrogen (secondary N) is 2. The van der Waals surface area contributed by atoms with Crippen LogP contribution in [-0.4, -0.2) is 40.5 Å². The lowest BCUT2D eigenvalue weighted by Crippen LogP contribution is -2.50. The molecule has 7 heteroatoms. The number of urea groups is 1. The van der Waals surface area contributed by atoms with E-state index in [0.717, 1.165) is 12.1 Å². The van der Waals surface area contributed by atoms with Crippen molar-refractivity contribution in [3.05, 3.63) is 28.2 Å². The second kappa shape index (κ2) is 7.60. The molecule has 0 radical (unpaired) electrons. The van der Waals surface area contributed by atoms with Gasteiger partial charge in [0.15, 0.2) is 0 Å². The largest absolute Gasteiger partial charge is 0.342 e. The van der Waals surface area contributed by atoms with Crippen molar-refractivity contribution in [2.45, 2.75) is 66.0 Å². The normalized spacial score (nSPS) is 21.3. The van der Waals surface area contributed by atoms with E-state index in [-0.39, 0.29) is 40.8 Å². The zero-order chi connectivity index (χ0) is 20.6. The summed E-state index contributed by atoms with van der Waals surface area (Å²) in [5.74, 6) is 0.636.